The van der Waals surface area contributed by atoms with Gasteiger partial charge in [0, 0.05) is 16.7 Å². The van der Waals surface area contributed by atoms with Gasteiger partial charge in [0.2, 0.25) is 5.91 Å². The third-order valence-corrected chi connectivity index (χ3v) is 3.42. The Morgan fingerprint density at radius 3 is 3.00 bits per heavy atom. The summed E-state index contributed by atoms with van der Waals surface area (Å²) in [6, 6.07) is 5.66. The summed E-state index contributed by atoms with van der Waals surface area (Å²) >= 11 is 0. The summed E-state index contributed by atoms with van der Waals surface area (Å²) < 4.78 is 10.5. The van der Waals surface area contributed by atoms with E-state index in [1.165, 1.54) is 0 Å². The average Bonchev–Trinajstić information content (AvgIpc) is 3.09. The van der Waals surface area contributed by atoms with Crippen molar-refractivity contribution in [3.05, 3.63) is 23.8 Å². The molecule has 17 heavy (non-hydrogen) atoms. The highest BCUT2D eigenvalue weighted by Crippen LogP contribution is 2.45. The molecule has 0 saturated heterocycles. The largest absolute Gasteiger partial charge is 0.467 e. The normalized spacial score (nSPS) is 20.1. The molecule has 0 spiro atoms. The Morgan fingerprint density at radius 1 is 1.41 bits per heavy atom. The van der Waals surface area contributed by atoms with Gasteiger partial charge in [0.25, 0.3) is 0 Å². The first kappa shape index (κ1) is 10.6. The maximum absolute atomic E-state index is 11.9. The first-order valence-corrected chi connectivity index (χ1v) is 5.82. The Labute approximate surface area is 99.9 Å². The monoisotopic (exact) mass is 233 g/mol. The Kier molecular flexibility index (Phi) is 2.33. The molecule has 90 valence electrons. The Hall–Kier alpha value is -1.55. The molecule has 0 atom stereocenters. The van der Waals surface area contributed by atoms with Crippen LogP contribution in [-0.2, 0) is 16.1 Å². The van der Waals surface area contributed by atoms with Gasteiger partial charge in [-0.05, 0) is 31.0 Å². The molecule has 1 aliphatic carbocycles. The number of fused-ring (bicyclic) bond motifs is 1. The molecule has 0 unspecified atom stereocenters. The van der Waals surface area contributed by atoms with Crippen LogP contribution in [0.25, 0.3) is 0 Å². The summed E-state index contributed by atoms with van der Waals surface area (Å²) in [6.45, 7) is 2.83. The van der Waals surface area contributed by atoms with Gasteiger partial charge >= 0.3 is 0 Å². The van der Waals surface area contributed by atoms with Crippen LogP contribution in [0.1, 0.15) is 25.3 Å². The van der Waals surface area contributed by atoms with E-state index < -0.39 is 0 Å². The summed E-state index contributed by atoms with van der Waals surface area (Å²) in [5, 5.41) is 2.94. The van der Waals surface area contributed by atoms with Crippen molar-refractivity contribution < 1.29 is 14.3 Å². The van der Waals surface area contributed by atoms with Crippen LogP contribution >= 0.6 is 0 Å². The summed E-state index contributed by atoms with van der Waals surface area (Å²) in [4.78, 5) is 11.9. The fourth-order valence-corrected chi connectivity index (χ4v) is 1.86. The van der Waals surface area contributed by atoms with Gasteiger partial charge in [0.1, 0.15) is 5.75 Å². The van der Waals surface area contributed by atoms with Crippen LogP contribution in [-0.4, -0.2) is 12.7 Å². The standard InChI is InChI=1S/C13H15NO3/c1-13(4-5-13)12(15)14-10-2-3-11-9(6-10)7-16-8-17-11/h2-3,6H,4-5,7-8H2,1H3,(H,14,15). The number of carbonyl (C=O) groups is 1. The van der Waals surface area contributed by atoms with E-state index in [0.29, 0.717) is 13.4 Å². The van der Waals surface area contributed by atoms with Crippen molar-refractivity contribution in [3.63, 3.8) is 0 Å². The van der Waals surface area contributed by atoms with Crippen molar-refractivity contribution in [1.82, 2.24) is 0 Å². The molecule has 1 amide bonds. The maximum Gasteiger partial charge on any atom is 0.230 e. The zero-order chi connectivity index (χ0) is 11.9. The second-order valence-corrected chi connectivity index (χ2v) is 4.95. The number of ether oxygens (including phenoxy) is 2. The molecule has 1 aromatic rings. The zero-order valence-electron chi connectivity index (χ0n) is 9.79. The molecule has 1 heterocycles. The van der Waals surface area contributed by atoms with Gasteiger partial charge in [-0.25, -0.2) is 0 Å². The van der Waals surface area contributed by atoms with Crippen molar-refractivity contribution in [3.8, 4) is 5.75 Å². The molecule has 1 N–H and O–H groups in total. The summed E-state index contributed by atoms with van der Waals surface area (Å²) in [6.07, 6.45) is 1.96. The second kappa shape index (κ2) is 3.74. The molecule has 0 radical (unpaired) electrons. The SMILES string of the molecule is CC1(C(=O)Nc2ccc3c(c2)COCO3)CC1. The highest BCUT2D eigenvalue weighted by molar-refractivity contribution is 5.96. The minimum absolute atomic E-state index is 0.107. The fraction of sp³-hybridized carbons (Fsp3) is 0.462. The lowest BCUT2D eigenvalue weighted by Crippen LogP contribution is -2.21. The summed E-state index contributed by atoms with van der Waals surface area (Å²) in [7, 11) is 0. The van der Waals surface area contributed by atoms with Gasteiger partial charge < -0.3 is 14.8 Å². The Bertz CT molecular complexity index is 466. The number of amides is 1. The molecule has 4 nitrogen and oxygen atoms in total. The fourth-order valence-electron chi connectivity index (χ4n) is 1.86. The van der Waals surface area contributed by atoms with E-state index >= 15 is 0 Å². The van der Waals surface area contributed by atoms with Crippen molar-refractivity contribution in [2.75, 3.05) is 12.1 Å². The topological polar surface area (TPSA) is 47.6 Å². The molecular weight excluding hydrogens is 218 g/mol. The molecule has 1 fully saturated rings. The number of rotatable bonds is 2. The predicted molar refractivity (Wildman–Crippen MR) is 62.7 cm³/mol. The summed E-state index contributed by atoms with van der Waals surface area (Å²) in [5.74, 6) is 0.946. The molecule has 1 aromatic carbocycles. The third-order valence-electron chi connectivity index (χ3n) is 3.42. The van der Waals surface area contributed by atoms with Crippen LogP contribution in [0.5, 0.6) is 5.75 Å². The van der Waals surface area contributed by atoms with E-state index in [1.807, 2.05) is 25.1 Å². The van der Waals surface area contributed by atoms with Gasteiger partial charge in [-0.1, -0.05) is 6.92 Å². The number of benzene rings is 1. The van der Waals surface area contributed by atoms with Gasteiger partial charge in [-0.2, -0.15) is 0 Å². The van der Waals surface area contributed by atoms with Crippen molar-refractivity contribution in [2.24, 2.45) is 5.41 Å². The van der Waals surface area contributed by atoms with Crippen LogP contribution in [0.4, 0.5) is 5.69 Å². The van der Waals surface area contributed by atoms with Crippen molar-refractivity contribution in [1.29, 1.82) is 0 Å². The van der Waals surface area contributed by atoms with Gasteiger partial charge in [-0.3, -0.25) is 4.79 Å². The number of hydrogen-bond donors (Lipinski definition) is 1. The van der Waals surface area contributed by atoms with E-state index in [-0.39, 0.29) is 11.3 Å². The minimum atomic E-state index is -0.150. The van der Waals surface area contributed by atoms with Crippen LogP contribution in [0.3, 0.4) is 0 Å². The van der Waals surface area contributed by atoms with E-state index in [4.69, 9.17) is 9.47 Å². The number of hydrogen-bond acceptors (Lipinski definition) is 3. The lowest BCUT2D eigenvalue weighted by atomic mass is 10.1. The maximum atomic E-state index is 11.9. The molecule has 1 aliphatic heterocycles. The number of carbonyl (C=O) groups excluding carboxylic acids is 1. The lowest BCUT2D eigenvalue weighted by molar-refractivity contribution is -0.120. The summed E-state index contributed by atoms with van der Waals surface area (Å²) in [5.41, 5.74) is 1.65. The molecule has 1 saturated carbocycles. The molecule has 4 heteroatoms. The molecule has 2 aliphatic rings. The molecular formula is C13H15NO3. The van der Waals surface area contributed by atoms with Crippen molar-refractivity contribution in [2.45, 2.75) is 26.4 Å². The minimum Gasteiger partial charge on any atom is -0.467 e. The highest BCUT2D eigenvalue weighted by atomic mass is 16.7. The van der Waals surface area contributed by atoms with Crippen LogP contribution in [0.2, 0.25) is 0 Å². The Morgan fingerprint density at radius 2 is 2.24 bits per heavy atom. The first-order valence-electron chi connectivity index (χ1n) is 5.82. The highest BCUT2D eigenvalue weighted by Gasteiger charge is 2.44. The van der Waals surface area contributed by atoms with Crippen LogP contribution < -0.4 is 10.1 Å². The van der Waals surface area contributed by atoms with Gasteiger partial charge in [0.05, 0.1) is 6.61 Å². The number of nitrogens with one attached hydrogen (secondary N) is 1. The number of anilines is 1. The van der Waals surface area contributed by atoms with Crippen molar-refractivity contribution >= 4 is 11.6 Å². The molecule has 3 rings (SSSR count). The zero-order valence-corrected chi connectivity index (χ0v) is 9.79. The average molecular weight is 233 g/mol. The van der Waals surface area contributed by atoms with Gasteiger partial charge in [0.15, 0.2) is 6.79 Å². The predicted octanol–water partition coefficient (Wildman–Crippen LogP) is 2.29. The van der Waals surface area contributed by atoms with E-state index in [2.05, 4.69) is 5.32 Å². The smallest absolute Gasteiger partial charge is 0.230 e. The van der Waals surface area contributed by atoms with E-state index in [1.54, 1.807) is 0 Å². The van der Waals surface area contributed by atoms with Gasteiger partial charge in [-0.15, -0.1) is 0 Å². The first-order chi connectivity index (χ1) is 8.17. The molecule has 0 bridgehead atoms. The van der Waals surface area contributed by atoms with Crippen LogP contribution in [0.15, 0.2) is 18.2 Å². The second-order valence-electron chi connectivity index (χ2n) is 4.95. The Balaban J connectivity index is 1.77. The lowest BCUT2D eigenvalue weighted by Gasteiger charge is -2.18. The molecule has 0 aromatic heterocycles. The van der Waals surface area contributed by atoms with Crippen LogP contribution in [0, 0.1) is 5.41 Å². The third kappa shape index (κ3) is 2.00. The van der Waals surface area contributed by atoms with E-state index in [0.717, 1.165) is 29.8 Å². The quantitative estimate of drug-likeness (QED) is 0.852. The van der Waals surface area contributed by atoms with E-state index in [9.17, 15) is 4.79 Å².